The zero-order valence-corrected chi connectivity index (χ0v) is 19.6. The number of aliphatic hydroxyl groups excluding tert-OH is 1. The normalized spacial score (nSPS) is 18.5. The van der Waals surface area contributed by atoms with Crippen LogP contribution in [0.15, 0.2) is 54.6 Å². The summed E-state index contributed by atoms with van der Waals surface area (Å²) in [6.45, 7) is 5.00. The van der Waals surface area contributed by atoms with Crippen LogP contribution >= 0.6 is 11.5 Å². The van der Waals surface area contributed by atoms with E-state index in [9.17, 15) is 13.5 Å². The average molecular weight is 475 g/mol. The van der Waals surface area contributed by atoms with E-state index in [0.717, 1.165) is 5.75 Å². The van der Waals surface area contributed by atoms with Gasteiger partial charge >= 0.3 is 0 Å². The van der Waals surface area contributed by atoms with Gasteiger partial charge in [0, 0.05) is 37.2 Å². The van der Waals surface area contributed by atoms with Crippen molar-refractivity contribution in [2.24, 2.45) is 0 Å². The molecule has 0 bridgehead atoms. The number of anilines is 1. The molecule has 1 fully saturated rings. The lowest BCUT2D eigenvalue weighted by Gasteiger charge is -2.38. The van der Waals surface area contributed by atoms with E-state index < -0.39 is 16.1 Å². The van der Waals surface area contributed by atoms with Crippen LogP contribution in [-0.2, 0) is 10.0 Å². The van der Waals surface area contributed by atoms with E-state index in [1.54, 1.807) is 31.2 Å². The number of hydrogen-bond donors (Lipinski definition) is 1. The summed E-state index contributed by atoms with van der Waals surface area (Å²) in [7, 11) is -3.20. The highest BCUT2D eigenvalue weighted by atomic mass is 32.2. The van der Waals surface area contributed by atoms with Gasteiger partial charge in [0.25, 0.3) is 0 Å². The second kappa shape index (κ2) is 9.53. The molecule has 0 aliphatic carbocycles. The van der Waals surface area contributed by atoms with E-state index in [1.165, 1.54) is 15.8 Å². The van der Waals surface area contributed by atoms with Crippen molar-refractivity contribution in [1.82, 2.24) is 13.7 Å². The highest BCUT2D eigenvalue weighted by molar-refractivity contribution is 7.89. The first-order valence-corrected chi connectivity index (χ1v) is 12.8. The van der Waals surface area contributed by atoms with E-state index in [-0.39, 0.29) is 11.8 Å². The third-order valence-electron chi connectivity index (χ3n) is 5.44. The summed E-state index contributed by atoms with van der Waals surface area (Å²) in [5.41, 5.74) is 0.668. The van der Waals surface area contributed by atoms with E-state index in [2.05, 4.69) is 9.36 Å². The van der Waals surface area contributed by atoms with Gasteiger partial charge in [-0.15, -0.1) is 0 Å². The lowest BCUT2D eigenvalue weighted by Crippen LogP contribution is -2.54. The van der Waals surface area contributed by atoms with E-state index >= 15 is 0 Å². The molecule has 2 heterocycles. The topological polar surface area (TPSA) is 95.9 Å². The quantitative estimate of drug-likeness (QED) is 0.561. The monoisotopic (exact) mass is 474 g/mol. The van der Waals surface area contributed by atoms with Gasteiger partial charge in [-0.05, 0) is 43.7 Å². The number of aliphatic hydroxyl groups is 1. The Kier molecular flexibility index (Phi) is 6.75. The van der Waals surface area contributed by atoms with Crippen LogP contribution in [0.1, 0.15) is 31.3 Å². The Bertz CT molecular complexity index is 1140. The Labute approximate surface area is 192 Å². The number of ether oxygens (including phenoxy) is 1. The maximum Gasteiger partial charge on any atom is 0.213 e. The van der Waals surface area contributed by atoms with Gasteiger partial charge in [-0.2, -0.15) is 8.68 Å². The summed E-state index contributed by atoms with van der Waals surface area (Å²) in [5.74, 6) is 1.85. The van der Waals surface area contributed by atoms with Gasteiger partial charge in [0.05, 0.1) is 5.75 Å². The minimum absolute atomic E-state index is 0.0302. The minimum atomic E-state index is -3.20. The first kappa shape index (κ1) is 22.7. The molecular formula is C22H26N4O4S2. The predicted octanol–water partition coefficient (Wildman–Crippen LogP) is 3.27. The van der Waals surface area contributed by atoms with Crippen molar-refractivity contribution in [3.63, 3.8) is 0 Å². The maximum absolute atomic E-state index is 12.2. The molecule has 0 radical (unpaired) electrons. The molecule has 32 heavy (non-hydrogen) atoms. The third kappa shape index (κ3) is 4.93. The lowest BCUT2D eigenvalue weighted by molar-refractivity contribution is 0.211. The molecule has 170 valence electrons. The van der Waals surface area contributed by atoms with Crippen LogP contribution in [-0.4, -0.2) is 58.6 Å². The average Bonchev–Trinajstić information content (AvgIpc) is 3.29. The Hall–Kier alpha value is -2.53. The number of benzene rings is 2. The van der Waals surface area contributed by atoms with Crippen LogP contribution in [0, 0.1) is 0 Å². The zero-order chi connectivity index (χ0) is 22.7. The van der Waals surface area contributed by atoms with Crippen molar-refractivity contribution in [2.45, 2.75) is 26.0 Å². The van der Waals surface area contributed by atoms with Gasteiger partial charge in [0.2, 0.25) is 15.2 Å². The van der Waals surface area contributed by atoms with Gasteiger partial charge in [0.1, 0.15) is 17.6 Å². The zero-order valence-electron chi connectivity index (χ0n) is 18.0. The SMILES string of the molecule is CCS(=O)(=O)N1CCN(c2nc(C(O)c3ccc(Oc4ccccc4)cc3)ns2)C(C)C1. The van der Waals surface area contributed by atoms with Crippen LogP contribution < -0.4 is 9.64 Å². The first-order valence-electron chi connectivity index (χ1n) is 10.5. The van der Waals surface area contributed by atoms with Crippen molar-refractivity contribution < 1.29 is 18.3 Å². The second-order valence-electron chi connectivity index (χ2n) is 7.62. The Morgan fingerprint density at radius 1 is 1.12 bits per heavy atom. The van der Waals surface area contributed by atoms with Gasteiger partial charge in [-0.25, -0.2) is 13.4 Å². The summed E-state index contributed by atoms with van der Waals surface area (Å²) in [5, 5.41) is 11.4. The standard InChI is InChI=1S/C22H26N4O4S2/c1-3-32(28,29)25-13-14-26(16(2)15-25)22-23-21(24-31-22)20(27)17-9-11-19(12-10-17)30-18-7-5-4-6-8-18/h4-12,16,20,27H,3,13-15H2,1-2H3. The van der Waals surface area contributed by atoms with Crippen molar-refractivity contribution in [3.05, 3.63) is 66.0 Å². The van der Waals surface area contributed by atoms with Gasteiger partial charge in [0.15, 0.2) is 5.82 Å². The molecule has 1 N–H and O–H groups in total. The molecule has 4 rings (SSSR count). The molecule has 10 heteroatoms. The molecule has 0 spiro atoms. The molecule has 0 saturated carbocycles. The fourth-order valence-corrected chi connectivity index (χ4v) is 5.58. The van der Waals surface area contributed by atoms with Gasteiger partial charge in [-0.3, -0.25) is 0 Å². The number of piperazine rings is 1. The van der Waals surface area contributed by atoms with Crippen LogP contribution in [0.4, 0.5) is 5.13 Å². The Balaban J connectivity index is 1.42. The van der Waals surface area contributed by atoms with Crippen molar-refractivity contribution >= 4 is 26.7 Å². The van der Waals surface area contributed by atoms with Gasteiger partial charge in [-0.1, -0.05) is 30.3 Å². The lowest BCUT2D eigenvalue weighted by atomic mass is 10.1. The molecular weight excluding hydrogens is 448 g/mol. The molecule has 3 aromatic rings. The number of hydrogen-bond acceptors (Lipinski definition) is 8. The fourth-order valence-electron chi connectivity index (χ4n) is 3.59. The Morgan fingerprint density at radius 3 is 2.47 bits per heavy atom. The molecule has 2 atom stereocenters. The molecule has 8 nitrogen and oxygen atoms in total. The van der Waals surface area contributed by atoms with Crippen molar-refractivity contribution in [1.29, 1.82) is 0 Å². The van der Waals surface area contributed by atoms with E-state index in [0.29, 0.717) is 41.9 Å². The van der Waals surface area contributed by atoms with Crippen LogP contribution in [0.2, 0.25) is 0 Å². The molecule has 2 unspecified atom stereocenters. The van der Waals surface area contributed by atoms with Crippen LogP contribution in [0.25, 0.3) is 0 Å². The summed E-state index contributed by atoms with van der Waals surface area (Å²) in [6, 6.07) is 16.6. The highest BCUT2D eigenvalue weighted by Crippen LogP contribution is 2.29. The molecule has 1 saturated heterocycles. The minimum Gasteiger partial charge on any atom is -0.457 e. The molecule has 1 aliphatic rings. The largest absolute Gasteiger partial charge is 0.457 e. The Morgan fingerprint density at radius 2 is 1.81 bits per heavy atom. The first-order chi connectivity index (χ1) is 15.4. The molecule has 0 amide bonds. The summed E-state index contributed by atoms with van der Waals surface area (Å²) in [6.07, 6.45) is -0.956. The van der Waals surface area contributed by atoms with Crippen molar-refractivity contribution in [3.8, 4) is 11.5 Å². The second-order valence-corrected chi connectivity index (χ2v) is 10.6. The fraction of sp³-hybridized carbons (Fsp3) is 0.364. The number of rotatable bonds is 7. The maximum atomic E-state index is 12.2. The molecule has 1 aromatic heterocycles. The van der Waals surface area contributed by atoms with E-state index in [1.807, 2.05) is 42.2 Å². The summed E-state index contributed by atoms with van der Waals surface area (Å²) < 4.78 is 36.0. The summed E-state index contributed by atoms with van der Waals surface area (Å²) in [4.78, 5) is 6.59. The highest BCUT2D eigenvalue weighted by Gasteiger charge is 2.32. The number of nitrogens with zero attached hydrogens (tertiary/aromatic N) is 4. The molecule has 2 aromatic carbocycles. The van der Waals surface area contributed by atoms with Crippen LogP contribution in [0.5, 0.6) is 11.5 Å². The number of para-hydroxylation sites is 1. The smallest absolute Gasteiger partial charge is 0.213 e. The summed E-state index contributed by atoms with van der Waals surface area (Å²) >= 11 is 1.21. The van der Waals surface area contributed by atoms with Gasteiger partial charge < -0.3 is 14.7 Å². The van der Waals surface area contributed by atoms with Crippen molar-refractivity contribution in [2.75, 3.05) is 30.3 Å². The third-order valence-corrected chi connectivity index (χ3v) is 8.06. The van der Waals surface area contributed by atoms with Crippen LogP contribution in [0.3, 0.4) is 0 Å². The number of aromatic nitrogens is 2. The molecule has 1 aliphatic heterocycles. The predicted molar refractivity (Wildman–Crippen MR) is 125 cm³/mol. The number of sulfonamides is 1. The van der Waals surface area contributed by atoms with E-state index in [4.69, 9.17) is 4.74 Å².